The Morgan fingerprint density at radius 1 is 0.483 bits per heavy atom. The highest BCUT2D eigenvalue weighted by molar-refractivity contribution is 7.21. The van der Waals surface area contributed by atoms with Crippen molar-refractivity contribution in [3.8, 4) is 62.1 Å². The van der Waals surface area contributed by atoms with Crippen LogP contribution in [-0.4, -0.2) is 19.5 Å². The molecule has 0 radical (unpaired) electrons. The molecule has 0 aliphatic heterocycles. The summed E-state index contributed by atoms with van der Waals surface area (Å²) in [6, 6.07) is 60.1. The van der Waals surface area contributed by atoms with Gasteiger partial charge >= 0.3 is 0 Å². The predicted molar refractivity (Wildman–Crippen MR) is 244 cm³/mol. The molecular formula is C53H36N4S. The molecule has 274 valence electrons. The van der Waals surface area contributed by atoms with E-state index < -0.39 is 0 Å². The van der Waals surface area contributed by atoms with Crippen molar-refractivity contribution in [2.75, 3.05) is 0 Å². The fraction of sp³-hybridized carbons (Fsp3) is 0.0377. The zero-order valence-electron chi connectivity index (χ0n) is 31.8. The smallest absolute Gasteiger partial charge is 0.164 e. The molecule has 0 spiro atoms. The maximum Gasteiger partial charge on any atom is 0.164 e. The first kappa shape index (κ1) is 34.1. The first-order valence-corrected chi connectivity index (χ1v) is 20.5. The third-order valence-electron chi connectivity index (χ3n) is 11.2. The van der Waals surface area contributed by atoms with Crippen molar-refractivity contribution in [3.05, 3.63) is 192 Å². The molecule has 5 heteroatoms. The number of aromatic nitrogens is 4. The zero-order valence-corrected chi connectivity index (χ0v) is 32.6. The van der Waals surface area contributed by atoms with E-state index in [0.717, 1.165) is 50.8 Å². The number of hydrogen-bond acceptors (Lipinski definition) is 4. The van der Waals surface area contributed by atoms with Gasteiger partial charge in [-0.25, -0.2) is 15.0 Å². The molecule has 0 saturated carbocycles. The summed E-state index contributed by atoms with van der Waals surface area (Å²) < 4.78 is 3.68. The first-order valence-electron chi connectivity index (χ1n) is 19.7. The second-order valence-electron chi connectivity index (χ2n) is 14.8. The van der Waals surface area contributed by atoms with Gasteiger partial charge in [-0.2, -0.15) is 0 Å². The van der Waals surface area contributed by atoms with Crippen LogP contribution >= 0.6 is 11.3 Å². The van der Waals surface area contributed by atoms with Crippen LogP contribution in [0.1, 0.15) is 23.8 Å². The number of allylic oxidation sites excluding steroid dienone is 3. The lowest BCUT2D eigenvalue weighted by Crippen LogP contribution is -2.00. The first-order chi connectivity index (χ1) is 28.7. The molecule has 1 aliphatic rings. The van der Waals surface area contributed by atoms with Gasteiger partial charge in [0, 0.05) is 53.6 Å². The van der Waals surface area contributed by atoms with E-state index >= 15 is 0 Å². The average Bonchev–Trinajstić information content (AvgIpc) is 3.77. The number of thiophene rings is 1. The molecular weight excluding hydrogens is 725 g/mol. The zero-order chi connectivity index (χ0) is 38.6. The minimum atomic E-state index is 0.635. The number of nitrogens with zero attached hydrogens (tertiary/aromatic N) is 4. The Balaban J connectivity index is 1.07. The van der Waals surface area contributed by atoms with Gasteiger partial charge in [-0.15, -0.1) is 11.3 Å². The maximum atomic E-state index is 5.23. The highest BCUT2D eigenvalue weighted by Gasteiger charge is 2.20. The van der Waals surface area contributed by atoms with Crippen LogP contribution in [0.3, 0.4) is 0 Å². The predicted octanol–water partition coefficient (Wildman–Crippen LogP) is 14.3. The van der Waals surface area contributed by atoms with Crippen LogP contribution in [0.4, 0.5) is 0 Å². The molecule has 0 fully saturated rings. The fourth-order valence-electron chi connectivity index (χ4n) is 8.43. The summed E-state index contributed by atoms with van der Waals surface area (Å²) >= 11 is 1.88. The molecule has 58 heavy (non-hydrogen) atoms. The van der Waals surface area contributed by atoms with Gasteiger partial charge in [-0.05, 0) is 72.0 Å². The molecule has 0 saturated heterocycles. The third kappa shape index (κ3) is 5.78. The molecule has 3 aromatic heterocycles. The number of fused-ring (bicyclic) bond motifs is 6. The van der Waals surface area contributed by atoms with Gasteiger partial charge in [0.2, 0.25) is 0 Å². The van der Waals surface area contributed by atoms with E-state index in [1.54, 1.807) is 0 Å². The maximum absolute atomic E-state index is 5.23. The lowest BCUT2D eigenvalue weighted by molar-refractivity contribution is 1.07. The summed E-state index contributed by atoms with van der Waals surface area (Å²) in [5.41, 5.74) is 13.6. The van der Waals surface area contributed by atoms with Gasteiger partial charge in [0.25, 0.3) is 0 Å². The highest BCUT2D eigenvalue weighted by Crippen LogP contribution is 2.43. The SMILES string of the molecule is CC1=CCC=Cc2c1sc1c(-c3cccc(-c4nc(-c5ccccc5)nc(-c5ccc6c(c5)c5ccccc5n6-c5ccccc5-c5ccccc5)n4)c3)cccc21. The molecule has 0 N–H and O–H groups in total. The summed E-state index contributed by atoms with van der Waals surface area (Å²) in [5, 5.41) is 3.61. The number of para-hydroxylation sites is 2. The quantitative estimate of drug-likeness (QED) is 0.169. The van der Waals surface area contributed by atoms with Crippen LogP contribution in [0.25, 0.3) is 106 Å². The van der Waals surface area contributed by atoms with Crippen molar-refractivity contribution in [1.29, 1.82) is 0 Å². The van der Waals surface area contributed by atoms with Crippen molar-refractivity contribution in [2.45, 2.75) is 13.3 Å². The van der Waals surface area contributed by atoms with Crippen molar-refractivity contribution >= 4 is 54.9 Å². The Morgan fingerprint density at radius 3 is 1.91 bits per heavy atom. The van der Waals surface area contributed by atoms with Gasteiger partial charge in [0.1, 0.15) is 0 Å². The highest BCUT2D eigenvalue weighted by atomic mass is 32.1. The summed E-state index contributed by atoms with van der Waals surface area (Å²) in [7, 11) is 0. The Kier molecular flexibility index (Phi) is 8.26. The normalized spacial score (nSPS) is 12.5. The topological polar surface area (TPSA) is 43.6 Å². The Bertz CT molecular complexity index is 3260. The van der Waals surface area contributed by atoms with Crippen molar-refractivity contribution < 1.29 is 0 Å². The molecule has 1 aliphatic carbocycles. The standard InChI is InChI=1S/C53H36N4S/c1-34-16-8-9-25-43-44-27-15-26-41(50(44)58-49(34)43)37-21-14-22-38(32-37)52-54-51(36-19-6-3-7-20-36)55-53(56-52)39-30-31-48-45(33-39)42-24-11-13-29-47(42)57(48)46-28-12-10-23-40(46)35-17-4-2-5-18-35/h2-7,9-33H,8H2,1H3. The summed E-state index contributed by atoms with van der Waals surface area (Å²) in [5.74, 6) is 1.92. The Hall–Kier alpha value is -7.21. The minimum Gasteiger partial charge on any atom is -0.309 e. The van der Waals surface area contributed by atoms with Gasteiger partial charge in [-0.3, -0.25) is 0 Å². The van der Waals surface area contributed by atoms with Crippen LogP contribution in [0.5, 0.6) is 0 Å². The van der Waals surface area contributed by atoms with Crippen LogP contribution < -0.4 is 0 Å². The largest absolute Gasteiger partial charge is 0.309 e. The van der Waals surface area contributed by atoms with E-state index in [1.165, 1.54) is 48.2 Å². The van der Waals surface area contributed by atoms with E-state index in [0.29, 0.717) is 17.5 Å². The summed E-state index contributed by atoms with van der Waals surface area (Å²) in [6.45, 7) is 2.23. The monoisotopic (exact) mass is 760 g/mol. The lowest BCUT2D eigenvalue weighted by Gasteiger charge is -2.14. The van der Waals surface area contributed by atoms with Crippen LogP contribution in [0.2, 0.25) is 0 Å². The molecule has 4 nitrogen and oxygen atoms in total. The second kappa shape index (κ2) is 14.1. The molecule has 0 unspecified atom stereocenters. The molecule has 0 amide bonds. The number of rotatable bonds is 6. The molecule has 0 bridgehead atoms. The second-order valence-corrected chi connectivity index (χ2v) is 15.8. The van der Waals surface area contributed by atoms with E-state index in [1.807, 2.05) is 29.5 Å². The van der Waals surface area contributed by atoms with Crippen LogP contribution in [-0.2, 0) is 0 Å². The number of hydrogen-bond donors (Lipinski definition) is 0. The average molecular weight is 761 g/mol. The minimum absolute atomic E-state index is 0.635. The van der Waals surface area contributed by atoms with Crippen LogP contribution in [0.15, 0.2) is 182 Å². The summed E-state index contributed by atoms with van der Waals surface area (Å²) in [6.07, 6.45) is 7.84. The summed E-state index contributed by atoms with van der Waals surface area (Å²) in [4.78, 5) is 16.8. The third-order valence-corrected chi connectivity index (χ3v) is 12.6. The molecule has 10 aromatic rings. The molecule has 11 rings (SSSR count). The van der Waals surface area contributed by atoms with E-state index in [-0.39, 0.29) is 0 Å². The van der Waals surface area contributed by atoms with E-state index in [9.17, 15) is 0 Å². The van der Waals surface area contributed by atoms with Crippen molar-refractivity contribution in [3.63, 3.8) is 0 Å². The van der Waals surface area contributed by atoms with Crippen molar-refractivity contribution in [2.24, 2.45) is 0 Å². The number of benzene rings is 7. The molecule has 0 atom stereocenters. The van der Waals surface area contributed by atoms with Gasteiger partial charge in [-0.1, -0.05) is 152 Å². The molecule has 3 heterocycles. The Labute approximate surface area is 340 Å². The molecule has 7 aromatic carbocycles. The van der Waals surface area contributed by atoms with Gasteiger partial charge in [0.15, 0.2) is 17.5 Å². The van der Waals surface area contributed by atoms with Gasteiger partial charge < -0.3 is 4.57 Å². The van der Waals surface area contributed by atoms with Crippen molar-refractivity contribution in [1.82, 2.24) is 19.5 Å². The fourth-order valence-corrected chi connectivity index (χ4v) is 9.75. The lowest BCUT2D eigenvalue weighted by atomic mass is 9.99. The Morgan fingerprint density at radius 2 is 1.09 bits per heavy atom. The van der Waals surface area contributed by atoms with E-state index in [4.69, 9.17) is 15.0 Å². The van der Waals surface area contributed by atoms with E-state index in [2.05, 4.69) is 181 Å². The van der Waals surface area contributed by atoms with Gasteiger partial charge in [0.05, 0.1) is 16.7 Å². The van der Waals surface area contributed by atoms with Crippen LogP contribution in [0, 0.1) is 0 Å².